The van der Waals surface area contributed by atoms with Gasteiger partial charge in [-0.1, -0.05) is 5.21 Å². The molecule has 1 aliphatic carbocycles. The summed E-state index contributed by atoms with van der Waals surface area (Å²) < 4.78 is 1.81. The molecular weight excluding hydrogens is 300 g/mol. The third-order valence-electron chi connectivity index (χ3n) is 4.16. The van der Waals surface area contributed by atoms with Crippen LogP contribution in [-0.2, 0) is 0 Å². The fourth-order valence-corrected chi connectivity index (χ4v) is 3.49. The molecule has 22 heavy (non-hydrogen) atoms. The molecule has 8 heteroatoms. The van der Waals surface area contributed by atoms with E-state index >= 15 is 0 Å². The first kappa shape index (κ1) is 13.8. The highest BCUT2D eigenvalue weighted by molar-refractivity contribution is 7.14. The molecule has 4 rings (SSSR count). The minimum atomic E-state index is -0.239. The van der Waals surface area contributed by atoms with E-state index in [-0.39, 0.29) is 5.91 Å². The first-order valence-electron chi connectivity index (χ1n) is 7.69. The van der Waals surface area contributed by atoms with Gasteiger partial charge >= 0.3 is 0 Å². The largest absolute Gasteiger partial charge is 0.317 e. The summed E-state index contributed by atoms with van der Waals surface area (Å²) >= 11 is 1.47. The van der Waals surface area contributed by atoms with Crippen molar-refractivity contribution in [3.63, 3.8) is 0 Å². The number of rotatable bonds is 4. The van der Waals surface area contributed by atoms with E-state index in [4.69, 9.17) is 0 Å². The van der Waals surface area contributed by atoms with Crippen LogP contribution >= 0.6 is 11.3 Å². The predicted octanol–water partition coefficient (Wildman–Crippen LogP) is 1.79. The zero-order valence-corrected chi connectivity index (χ0v) is 13.0. The highest BCUT2D eigenvalue weighted by Gasteiger charge is 2.26. The Morgan fingerprint density at radius 2 is 2.14 bits per heavy atom. The molecule has 0 unspecified atom stereocenters. The monoisotopic (exact) mass is 318 g/mol. The highest BCUT2D eigenvalue weighted by Crippen LogP contribution is 2.40. The van der Waals surface area contributed by atoms with Crippen LogP contribution in [0.3, 0.4) is 0 Å². The van der Waals surface area contributed by atoms with Gasteiger partial charge in [-0.25, -0.2) is 9.67 Å². The maximum atomic E-state index is 12.2. The Labute approximate surface area is 132 Å². The molecule has 2 N–H and O–H groups in total. The molecule has 7 nitrogen and oxygen atoms in total. The number of hydrogen-bond acceptors (Lipinski definition) is 6. The molecule has 0 aromatic carbocycles. The van der Waals surface area contributed by atoms with Gasteiger partial charge in [0, 0.05) is 11.3 Å². The molecule has 0 radical (unpaired) electrons. The smallest absolute Gasteiger partial charge is 0.279 e. The van der Waals surface area contributed by atoms with Gasteiger partial charge in [-0.05, 0) is 38.8 Å². The van der Waals surface area contributed by atoms with Gasteiger partial charge in [0.05, 0.1) is 17.9 Å². The molecule has 2 aromatic heterocycles. The van der Waals surface area contributed by atoms with Crippen molar-refractivity contribution in [2.45, 2.75) is 37.6 Å². The standard InChI is InChI=1S/C14H18N6OS/c21-13(17-14-16-12(8-22-14)9-1-2-9)11-7-20(19-18-11)10-3-5-15-6-4-10/h7-10,15H,1-6H2,(H,16,17,21). The molecule has 2 fully saturated rings. The molecule has 2 aliphatic rings. The SMILES string of the molecule is O=C(Nc1nc(C2CC2)cs1)c1cn(C2CCNCC2)nn1. The van der Waals surface area contributed by atoms with Gasteiger partial charge in [-0.3, -0.25) is 10.1 Å². The zero-order chi connectivity index (χ0) is 14.9. The van der Waals surface area contributed by atoms with Crippen LogP contribution in [0.15, 0.2) is 11.6 Å². The molecule has 1 amide bonds. The van der Waals surface area contributed by atoms with Crippen LogP contribution in [0.25, 0.3) is 0 Å². The minimum absolute atomic E-state index is 0.239. The Morgan fingerprint density at radius 3 is 2.91 bits per heavy atom. The van der Waals surface area contributed by atoms with E-state index in [2.05, 4.69) is 25.9 Å². The molecule has 3 heterocycles. The number of aromatic nitrogens is 4. The molecule has 0 bridgehead atoms. The summed E-state index contributed by atoms with van der Waals surface area (Å²) in [6.45, 7) is 1.96. The lowest BCUT2D eigenvalue weighted by Crippen LogP contribution is -2.29. The van der Waals surface area contributed by atoms with Crippen LogP contribution in [-0.4, -0.2) is 39.0 Å². The van der Waals surface area contributed by atoms with E-state index in [0.717, 1.165) is 31.6 Å². The van der Waals surface area contributed by atoms with Gasteiger partial charge in [0.25, 0.3) is 5.91 Å². The topological polar surface area (TPSA) is 84.7 Å². The molecule has 2 aromatic rings. The number of piperidine rings is 1. The van der Waals surface area contributed by atoms with Crippen molar-refractivity contribution in [3.8, 4) is 0 Å². The number of carbonyl (C=O) groups excluding carboxylic acids is 1. The van der Waals surface area contributed by atoms with Crippen molar-refractivity contribution < 1.29 is 4.79 Å². The molecule has 0 spiro atoms. The lowest BCUT2D eigenvalue weighted by Gasteiger charge is -2.21. The Balaban J connectivity index is 1.42. The van der Waals surface area contributed by atoms with Gasteiger partial charge < -0.3 is 5.32 Å². The average Bonchev–Trinajstić information content (AvgIpc) is 3.10. The maximum Gasteiger partial charge on any atom is 0.279 e. The summed E-state index contributed by atoms with van der Waals surface area (Å²) in [5, 5.41) is 16.9. The van der Waals surface area contributed by atoms with Crippen LogP contribution in [0.2, 0.25) is 0 Å². The summed E-state index contributed by atoms with van der Waals surface area (Å²) in [6.07, 6.45) is 6.19. The average molecular weight is 318 g/mol. The Hall–Kier alpha value is -1.80. The van der Waals surface area contributed by atoms with Crippen LogP contribution in [0, 0.1) is 0 Å². The van der Waals surface area contributed by atoms with Gasteiger partial charge in [-0.15, -0.1) is 16.4 Å². The second-order valence-corrected chi connectivity index (χ2v) is 6.73. The molecule has 116 valence electrons. The quantitative estimate of drug-likeness (QED) is 0.898. The van der Waals surface area contributed by atoms with E-state index in [9.17, 15) is 4.79 Å². The van der Waals surface area contributed by atoms with E-state index in [1.54, 1.807) is 6.20 Å². The lowest BCUT2D eigenvalue weighted by atomic mass is 10.1. The van der Waals surface area contributed by atoms with E-state index < -0.39 is 0 Å². The van der Waals surface area contributed by atoms with Crippen molar-refractivity contribution >= 4 is 22.4 Å². The summed E-state index contributed by atoms with van der Waals surface area (Å²) in [5.41, 5.74) is 1.44. The Morgan fingerprint density at radius 1 is 1.32 bits per heavy atom. The number of carbonyl (C=O) groups is 1. The molecule has 0 atom stereocenters. The fourth-order valence-electron chi connectivity index (χ4n) is 2.70. The fraction of sp³-hybridized carbons (Fsp3) is 0.571. The Kier molecular flexibility index (Phi) is 3.63. The van der Waals surface area contributed by atoms with Crippen molar-refractivity contribution in [1.29, 1.82) is 0 Å². The minimum Gasteiger partial charge on any atom is -0.317 e. The zero-order valence-electron chi connectivity index (χ0n) is 12.2. The second kappa shape index (κ2) is 5.77. The maximum absolute atomic E-state index is 12.2. The molecular formula is C14H18N6OS. The number of nitrogens with zero attached hydrogens (tertiary/aromatic N) is 4. The van der Waals surface area contributed by atoms with Crippen LogP contribution in [0.5, 0.6) is 0 Å². The summed E-state index contributed by atoms with van der Waals surface area (Å²) in [4.78, 5) is 16.7. The van der Waals surface area contributed by atoms with Crippen molar-refractivity contribution in [2.24, 2.45) is 0 Å². The van der Waals surface area contributed by atoms with Gasteiger partial charge in [-0.2, -0.15) is 0 Å². The van der Waals surface area contributed by atoms with E-state index in [1.807, 2.05) is 10.1 Å². The van der Waals surface area contributed by atoms with Crippen LogP contribution < -0.4 is 10.6 Å². The summed E-state index contributed by atoms with van der Waals surface area (Å²) in [6, 6.07) is 0.330. The van der Waals surface area contributed by atoms with Crippen LogP contribution in [0.4, 0.5) is 5.13 Å². The van der Waals surface area contributed by atoms with Gasteiger partial charge in [0.15, 0.2) is 10.8 Å². The van der Waals surface area contributed by atoms with Crippen LogP contribution in [0.1, 0.15) is 53.8 Å². The highest BCUT2D eigenvalue weighted by atomic mass is 32.1. The molecule has 1 saturated carbocycles. The molecule has 1 aliphatic heterocycles. The second-order valence-electron chi connectivity index (χ2n) is 5.87. The summed E-state index contributed by atoms with van der Waals surface area (Å²) in [7, 11) is 0. The number of nitrogens with one attached hydrogen (secondary N) is 2. The first-order chi connectivity index (χ1) is 10.8. The van der Waals surface area contributed by atoms with Gasteiger partial charge in [0.1, 0.15) is 0 Å². The third kappa shape index (κ3) is 2.89. The van der Waals surface area contributed by atoms with E-state index in [1.165, 1.54) is 24.2 Å². The van der Waals surface area contributed by atoms with E-state index in [0.29, 0.717) is 22.8 Å². The summed E-state index contributed by atoms with van der Waals surface area (Å²) in [5.74, 6) is 0.361. The van der Waals surface area contributed by atoms with Gasteiger partial charge in [0.2, 0.25) is 0 Å². The molecule has 1 saturated heterocycles. The first-order valence-corrected chi connectivity index (χ1v) is 8.57. The Bertz CT molecular complexity index is 670. The van der Waals surface area contributed by atoms with Crippen molar-refractivity contribution in [3.05, 3.63) is 23.0 Å². The van der Waals surface area contributed by atoms with Crippen molar-refractivity contribution in [1.82, 2.24) is 25.3 Å². The number of hydrogen-bond donors (Lipinski definition) is 2. The number of thiazole rings is 1. The lowest BCUT2D eigenvalue weighted by molar-refractivity contribution is 0.102. The van der Waals surface area contributed by atoms with Crippen molar-refractivity contribution in [2.75, 3.05) is 18.4 Å². The predicted molar refractivity (Wildman–Crippen MR) is 83.2 cm³/mol. The number of anilines is 1. The number of amides is 1. The normalized spacial score (nSPS) is 19.3. The third-order valence-corrected chi connectivity index (χ3v) is 4.94.